The van der Waals surface area contributed by atoms with Gasteiger partial charge < -0.3 is 10.0 Å². The van der Waals surface area contributed by atoms with Crippen LogP contribution >= 0.6 is 0 Å². The first-order chi connectivity index (χ1) is 13.1. The Morgan fingerprint density at radius 1 is 1.07 bits per heavy atom. The van der Waals surface area contributed by atoms with Gasteiger partial charge in [0.2, 0.25) is 0 Å². The number of carboxylic acid groups (broad SMARTS) is 1. The molecule has 0 spiro atoms. The van der Waals surface area contributed by atoms with Gasteiger partial charge in [0.15, 0.2) is 0 Å². The van der Waals surface area contributed by atoms with E-state index in [0.717, 1.165) is 13.0 Å². The van der Waals surface area contributed by atoms with Gasteiger partial charge in [-0.1, -0.05) is 42.5 Å². The predicted octanol–water partition coefficient (Wildman–Crippen LogP) is 4.58. The van der Waals surface area contributed by atoms with Crippen molar-refractivity contribution in [3.63, 3.8) is 0 Å². The van der Waals surface area contributed by atoms with Crippen molar-refractivity contribution < 1.29 is 18.7 Å². The number of halogens is 2. The molecule has 0 saturated carbocycles. The molecule has 2 aromatic rings. The smallest absolute Gasteiger partial charge is 0.307 e. The first-order valence-electron chi connectivity index (χ1n) is 9.21. The molecule has 3 nitrogen and oxygen atoms in total. The monoisotopic (exact) mass is 371 g/mol. The summed E-state index contributed by atoms with van der Waals surface area (Å²) in [6.07, 6.45) is 4.00. The zero-order valence-corrected chi connectivity index (χ0v) is 15.1. The van der Waals surface area contributed by atoms with Crippen molar-refractivity contribution in [2.45, 2.75) is 19.3 Å². The van der Waals surface area contributed by atoms with Crippen LogP contribution in [-0.4, -0.2) is 35.6 Å². The minimum absolute atomic E-state index is 0.333. The summed E-state index contributed by atoms with van der Waals surface area (Å²) >= 11 is 0. The van der Waals surface area contributed by atoms with Crippen LogP contribution in [0, 0.1) is 17.6 Å². The van der Waals surface area contributed by atoms with Crippen molar-refractivity contribution in [2.75, 3.05) is 19.6 Å². The highest BCUT2D eigenvalue weighted by molar-refractivity contribution is 5.80. The molecule has 142 valence electrons. The van der Waals surface area contributed by atoms with E-state index in [-0.39, 0.29) is 5.92 Å². The molecule has 0 bridgehead atoms. The zero-order valence-electron chi connectivity index (χ0n) is 15.1. The lowest BCUT2D eigenvalue weighted by Gasteiger charge is -2.30. The molecular formula is C22H23F2NO2. The molecule has 1 aliphatic rings. The van der Waals surface area contributed by atoms with E-state index in [1.54, 1.807) is 36.4 Å². The second kappa shape index (κ2) is 8.91. The summed E-state index contributed by atoms with van der Waals surface area (Å²) in [5.41, 5.74) is 1.26. The molecule has 0 unspecified atom stereocenters. The number of rotatable bonds is 6. The summed E-state index contributed by atoms with van der Waals surface area (Å²) in [7, 11) is 0. The van der Waals surface area contributed by atoms with E-state index in [0.29, 0.717) is 42.6 Å². The lowest BCUT2D eigenvalue weighted by Crippen LogP contribution is -2.39. The minimum atomic E-state index is -0.756. The fraction of sp³-hybridized carbons (Fsp3) is 0.318. The maximum atomic E-state index is 14.3. The molecule has 27 heavy (non-hydrogen) atoms. The first kappa shape index (κ1) is 19.2. The fourth-order valence-electron chi connectivity index (χ4n) is 3.58. The molecule has 1 aliphatic heterocycles. The third-order valence-corrected chi connectivity index (χ3v) is 4.98. The Morgan fingerprint density at radius 3 is 2.22 bits per heavy atom. The van der Waals surface area contributed by atoms with Crippen LogP contribution in [0.5, 0.6) is 0 Å². The Kier molecular flexibility index (Phi) is 6.35. The number of hydrogen-bond donors (Lipinski definition) is 1. The maximum Gasteiger partial charge on any atom is 0.307 e. The summed E-state index contributed by atoms with van der Waals surface area (Å²) in [4.78, 5) is 13.3. The standard InChI is InChI=1S/C22H23F2NO2/c23-20-11-3-1-8-18(20)17(19-9-2-4-12-21(19)24)10-6-14-25-13-5-7-16(15-25)22(26)27/h1-4,8-12,16H,5-7,13-15H2,(H,26,27)/t16-/m1/s1. The molecular weight excluding hydrogens is 348 g/mol. The molecule has 2 aromatic carbocycles. The number of hydrogen-bond acceptors (Lipinski definition) is 2. The summed E-state index contributed by atoms with van der Waals surface area (Å²) in [6, 6.07) is 12.7. The average Bonchev–Trinajstić information content (AvgIpc) is 2.67. The van der Waals surface area contributed by atoms with Crippen LogP contribution in [0.2, 0.25) is 0 Å². The number of nitrogens with zero attached hydrogens (tertiary/aromatic N) is 1. The van der Waals surface area contributed by atoms with E-state index in [4.69, 9.17) is 0 Å². The van der Waals surface area contributed by atoms with E-state index in [1.807, 2.05) is 6.08 Å². The van der Waals surface area contributed by atoms with Crippen molar-refractivity contribution >= 4 is 11.5 Å². The van der Waals surface area contributed by atoms with E-state index < -0.39 is 17.6 Å². The van der Waals surface area contributed by atoms with Crippen LogP contribution in [0.4, 0.5) is 8.78 Å². The van der Waals surface area contributed by atoms with Gasteiger partial charge in [-0.05, 0) is 43.5 Å². The van der Waals surface area contributed by atoms with Gasteiger partial charge in [0, 0.05) is 24.2 Å². The zero-order chi connectivity index (χ0) is 19.2. The Labute approximate surface area is 157 Å². The van der Waals surface area contributed by atoms with Crippen molar-refractivity contribution in [2.24, 2.45) is 5.92 Å². The summed E-state index contributed by atoms with van der Waals surface area (Å²) in [5.74, 6) is -1.87. The molecule has 3 rings (SSSR count). The molecule has 1 N–H and O–H groups in total. The van der Waals surface area contributed by atoms with Gasteiger partial charge in [-0.15, -0.1) is 0 Å². The molecule has 1 heterocycles. The highest BCUT2D eigenvalue weighted by Crippen LogP contribution is 2.28. The molecule has 0 aromatic heterocycles. The van der Waals surface area contributed by atoms with E-state index >= 15 is 0 Å². The third kappa shape index (κ3) is 4.80. The SMILES string of the molecule is O=C(O)[C@@H]1CCCN(CCC=C(c2ccccc2F)c2ccccc2F)C1. The van der Waals surface area contributed by atoms with Gasteiger partial charge in [0.25, 0.3) is 0 Å². The second-order valence-electron chi connectivity index (χ2n) is 6.84. The molecule has 1 saturated heterocycles. The van der Waals surface area contributed by atoms with Crippen molar-refractivity contribution in [3.05, 3.63) is 77.4 Å². The van der Waals surface area contributed by atoms with Gasteiger partial charge >= 0.3 is 5.97 Å². The maximum absolute atomic E-state index is 14.3. The lowest BCUT2D eigenvalue weighted by atomic mass is 9.95. The van der Waals surface area contributed by atoms with Crippen LogP contribution in [-0.2, 0) is 4.79 Å². The minimum Gasteiger partial charge on any atom is -0.481 e. The number of piperidine rings is 1. The van der Waals surface area contributed by atoms with Crippen molar-refractivity contribution in [3.8, 4) is 0 Å². The highest BCUT2D eigenvalue weighted by atomic mass is 19.1. The fourth-order valence-corrected chi connectivity index (χ4v) is 3.58. The van der Waals surface area contributed by atoms with Gasteiger partial charge in [0.05, 0.1) is 5.92 Å². The molecule has 0 radical (unpaired) electrons. The van der Waals surface area contributed by atoms with Crippen LogP contribution in [0.15, 0.2) is 54.6 Å². The van der Waals surface area contributed by atoms with Crippen molar-refractivity contribution in [1.82, 2.24) is 4.90 Å². The van der Waals surface area contributed by atoms with Gasteiger partial charge in [-0.3, -0.25) is 4.79 Å². The van der Waals surface area contributed by atoms with E-state index in [9.17, 15) is 18.7 Å². The van der Waals surface area contributed by atoms with Crippen LogP contribution in [0.25, 0.3) is 5.57 Å². The number of carbonyl (C=O) groups is 1. The number of benzene rings is 2. The topological polar surface area (TPSA) is 40.5 Å². The normalized spacial score (nSPS) is 17.5. The molecule has 1 fully saturated rings. The average molecular weight is 371 g/mol. The van der Waals surface area contributed by atoms with Crippen LogP contribution < -0.4 is 0 Å². The summed E-state index contributed by atoms with van der Waals surface area (Å²) in [6.45, 7) is 2.04. The van der Waals surface area contributed by atoms with Crippen molar-refractivity contribution in [1.29, 1.82) is 0 Å². The Bertz CT molecular complexity index is 787. The molecule has 1 atom stereocenters. The van der Waals surface area contributed by atoms with Gasteiger partial charge in [-0.25, -0.2) is 8.78 Å². The molecule has 0 amide bonds. The largest absolute Gasteiger partial charge is 0.481 e. The van der Waals surface area contributed by atoms with Crippen LogP contribution in [0.3, 0.4) is 0 Å². The number of aliphatic carboxylic acids is 1. The van der Waals surface area contributed by atoms with E-state index in [1.165, 1.54) is 12.1 Å². The first-order valence-corrected chi connectivity index (χ1v) is 9.21. The van der Waals surface area contributed by atoms with E-state index in [2.05, 4.69) is 4.90 Å². The second-order valence-corrected chi connectivity index (χ2v) is 6.84. The number of carboxylic acids is 1. The third-order valence-electron chi connectivity index (χ3n) is 4.98. The lowest BCUT2D eigenvalue weighted by molar-refractivity contribution is -0.143. The van der Waals surface area contributed by atoms with Crippen LogP contribution in [0.1, 0.15) is 30.4 Å². The summed E-state index contributed by atoms with van der Waals surface area (Å²) < 4.78 is 28.7. The van der Waals surface area contributed by atoms with Gasteiger partial charge in [-0.2, -0.15) is 0 Å². The number of likely N-dealkylation sites (tertiary alicyclic amines) is 1. The molecule has 5 heteroatoms. The molecule has 0 aliphatic carbocycles. The Hall–Kier alpha value is -2.53. The van der Waals surface area contributed by atoms with Gasteiger partial charge in [0.1, 0.15) is 11.6 Å². The summed E-state index contributed by atoms with van der Waals surface area (Å²) in [5, 5.41) is 9.21. The quantitative estimate of drug-likeness (QED) is 0.808. The predicted molar refractivity (Wildman–Crippen MR) is 101 cm³/mol. The Balaban J connectivity index is 1.80. The Morgan fingerprint density at radius 2 is 1.67 bits per heavy atom. The highest BCUT2D eigenvalue weighted by Gasteiger charge is 2.24.